The van der Waals surface area contributed by atoms with Gasteiger partial charge in [0.25, 0.3) is 0 Å². The Bertz CT molecular complexity index is 631. The van der Waals surface area contributed by atoms with Crippen LogP contribution in [-0.4, -0.2) is 26.7 Å². The molecule has 0 bridgehead atoms. The van der Waals surface area contributed by atoms with Crippen LogP contribution in [0.3, 0.4) is 0 Å². The van der Waals surface area contributed by atoms with E-state index in [1.54, 1.807) is 6.33 Å². The SMILES string of the molecule is CCC(C)C(N)C(=O)Nc1ccc(Sc2nncn2C)cc1.Cl. The van der Waals surface area contributed by atoms with E-state index in [9.17, 15) is 4.79 Å². The third kappa shape index (κ3) is 5.23. The standard InChI is InChI=1S/C15H21N5OS.ClH/c1-4-10(2)13(16)14(21)18-11-5-7-12(8-6-11)22-15-19-17-9-20(15)3;/h5-10,13H,4,16H2,1-3H3,(H,18,21);1H. The molecule has 1 aromatic heterocycles. The van der Waals surface area contributed by atoms with E-state index < -0.39 is 6.04 Å². The van der Waals surface area contributed by atoms with E-state index in [0.717, 1.165) is 22.2 Å². The summed E-state index contributed by atoms with van der Waals surface area (Å²) < 4.78 is 1.85. The Morgan fingerprint density at radius 2 is 2.04 bits per heavy atom. The molecular formula is C15H22ClN5OS. The number of rotatable bonds is 6. The summed E-state index contributed by atoms with van der Waals surface area (Å²) in [5.74, 6) is 0.00815. The van der Waals surface area contributed by atoms with Gasteiger partial charge in [-0.3, -0.25) is 4.79 Å². The average molecular weight is 356 g/mol. The molecule has 0 aliphatic rings. The lowest BCUT2D eigenvalue weighted by molar-refractivity contribution is -0.118. The van der Waals surface area contributed by atoms with Gasteiger partial charge < -0.3 is 15.6 Å². The summed E-state index contributed by atoms with van der Waals surface area (Å²) >= 11 is 1.52. The topological polar surface area (TPSA) is 85.8 Å². The molecule has 0 saturated heterocycles. The number of nitrogens with zero attached hydrogens (tertiary/aromatic N) is 3. The van der Waals surface area contributed by atoms with Gasteiger partial charge in [0, 0.05) is 17.6 Å². The molecule has 1 amide bonds. The van der Waals surface area contributed by atoms with Gasteiger partial charge in [0.05, 0.1) is 6.04 Å². The van der Waals surface area contributed by atoms with Gasteiger partial charge >= 0.3 is 0 Å². The van der Waals surface area contributed by atoms with Crippen molar-refractivity contribution in [2.24, 2.45) is 18.7 Å². The molecule has 1 heterocycles. The van der Waals surface area contributed by atoms with Gasteiger partial charge in [0.1, 0.15) is 6.33 Å². The molecule has 2 rings (SSSR count). The summed E-state index contributed by atoms with van der Waals surface area (Å²) in [6, 6.07) is 7.10. The summed E-state index contributed by atoms with van der Waals surface area (Å²) in [5.41, 5.74) is 6.66. The molecule has 0 radical (unpaired) electrons. The zero-order valence-corrected chi connectivity index (χ0v) is 15.0. The Labute approximate surface area is 146 Å². The molecule has 126 valence electrons. The van der Waals surface area contributed by atoms with Gasteiger partial charge in [0.2, 0.25) is 5.91 Å². The Morgan fingerprint density at radius 1 is 1.39 bits per heavy atom. The van der Waals surface area contributed by atoms with E-state index in [0.29, 0.717) is 0 Å². The smallest absolute Gasteiger partial charge is 0.241 e. The maximum absolute atomic E-state index is 12.0. The molecule has 2 aromatic rings. The van der Waals surface area contributed by atoms with Crippen LogP contribution in [0.4, 0.5) is 5.69 Å². The number of benzene rings is 1. The van der Waals surface area contributed by atoms with Crippen LogP contribution in [0.1, 0.15) is 20.3 Å². The number of nitrogens with one attached hydrogen (secondary N) is 1. The number of amides is 1. The molecule has 6 nitrogen and oxygen atoms in total. The second-order valence-electron chi connectivity index (χ2n) is 5.25. The van der Waals surface area contributed by atoms with E-state index in [2.05, 4.69) is 15.5 Å². The maximum Gasteiger partial charge on any atom is 0.241 e. The number of anilines is 1. The molecule has 23 heavy (non-hydrogen) atoms. The van der Waals surface area contributed by atoms with Gasteiger partial charge in [-0.05, 0) is 41.9 Å². The van der Waals surface area contributed by atoms with Gasteiger partial charge in [0.15, 0.2) is 5.16 Å². The monoisotopic (exact) mass is 355 g/mol. The predicted molar refractivity (Wildman–Crippen MR) is 94.9 cm³/mol. The number of nitrogens with two attached hydrogens (primary N) is 1. The quantitative estimate of drug-likeness (QED) is 0.832. The normalized spacial score (nSPS) is 13.0. The lowest BCUT2D eigenvalue weighted by Gasteiger charge is -2.17. The van der Waals surface area contributed by atoms with Crippen LogP contribution in [0.25, 0.3) is 0 Å². The second-order valence-corrected chi connectivity index (χ2v) is 6.29. The van der Waals surface area contributed by atoms with Crippen molar-refractivity contribution in [1.82, 2.24) is 14.8 Å². The molecule has 0 aliphatic heterocycles. The molecule has 2 unspecified atom stereocenters. The lowest BCUT2D eigenvalue weighted by Crippen LogP contribution is -2.40. The van der Waals surface area contributed by atoms with Crippen molar-refractivity contribution in [2.45, 2.75) is 36.4 Å². The number of carbonyl (C=O) groups is 1. The molecule has 1 aromatic carbocycles. The summed E-state index contributed by atoms with van der Waals surface area (Å²) in [5, 5.41) is 11.5. The Hall–Kier alpha value is -1.57. The van der Waals surface area contributed by atoms with E-state index in [4.69, 9.17) is 5.73 Å². The van der Waals surface area contributed by atoms with Gasteiger partial charge in [-0.25, -0.2) is 0 Å². The van der Waals surface area contributed by atoms with E-state index in [1.807, 2.05) is 49.7 Å². The number of aromatic nitrogens is 3. The fourth-order valence-electron chi connectivity index (χ4n) is 1.81. The molecular weight excluding hydrogens is 334 g/mol. The molecule has 2 atom stereocenters. The minimum absolute atomic E-state index is 0. The zero-order valence-electron chi connectivity index (χ0n) is 13.4. The lowest BCUT2D eigenvalue weighted by atomic mass is 9.99. The van der Waals surface area contributed by atoms with E-state index in [1.165, 1.54) is 11.8 Å². The van der Waals surface area contributed by atoms with Crippen molar-refractivity contribution in [3.05, 3.63) is 30.6 Å². The van der Waals surface area contributed by atoms with Crippen LogP contribution in [-0.2, 0) is 11.8 Å². The number of hydrogen-bond acceptors (Lipinski definition) is 5. The number of hydrogen-bond donors (Lipinski definition) is 2. The predicted octanol–water partition coefficient (Wildman–Crippen LogP) is 2.70. The largest absolute Gasteiger partial charge is 0.325 e. The van der Waals surface area contributed by atoms with E-state index in [-0.39, 0.29) is 24.2 Å². The molecule has 0 aliphatic carbocycles. The first kappa shape index (κ1) is 19.5. The van der Waals surface area contributed by atoms with Crippen molar-refractivity contribution in [1.29, 1.82) is 0 Å². The van der Waals surface area contributed by atoms with Crippen LogP contribution in [0.2, 0.25) is 0 Å². The first-order chi connectivity index (χ1) is 10.5. The minimum Gasteiger partial charge on any atom is -0.325 e. The van der Waals surface area contributed by atoms with Gasteiger partial charge in [-0.15, -0.1) is 22.6 Å². The molecule has 3 N–H and O–H groups in total. The Balaban J connectivity index is 0.00000264. The van der Waals surface area contributed by atoms with Crippen LogP contribution in [0, 0.1) is 5.92 Å². The Kier molecular flexibility index (Phi) is 7.54. The van der Waals surface area contributed by atoms with Crippen LogP contribution in [0.15, 0.2) is 40.6 Å². The first-order valence-electron chi connectivity index (χ1n) is 7.19. The molecule has 0 spiro atoms. The highest BCUT2D eigenvalue weighted by Crippen LogP contribution is 2.26. The maximum atomic E-state index is 12.0. The zero-order chi connectivity index (χ0) is 16.1. The highest BCUT2D eigenvalue weighted by Gasteiger charge is 2.19. The third-order valence-corrected chi connectivity index (χ3v) is 4.62. The van der Waals surface area contributed by atoms with Crippen molar-refractivity contribution in [2.75, 3.05) is 5.32 Å². The molecule has 8 heteroatoms. The van der Waals surface area contributed by atoms with Crippen molar-refractivity contribution in [3.63, 3.8) is 0 Å². The highest BCUT2D eigenvalue weighted by molar-refractivity contribution is 7.99. The summed E-state index contributed by atoms with van der Waals surface area (Å²) in [6.45, 7) is 4.00. The average Bonchev–Trinajstić information content (AvgIpc) is 2.92. The van der Waals surface area contributed by atoms with Gasteiger partial charge in [-0.1, -0.05) is 20.3 Å². The molecule has 0 saturated carbocycles. The van der Waals surface area contributed by atoms with Gasteiger partial charge in [-0.2, -0.15) is 0 Å². The summed E-state index contributed by atoms with van der Waals surface area (Å²) in [7, 11) is 1.90. The molecule has 0 fully saturated rings. The summed E-state index contributed by atoms with van der Waals surface area (Å²) in [6.07, 6.45) is 2.54. The van der Waals surface area contributed by atoms with Crippen molar-refractivity contribution >= 4 is 35.8 Å². The number of halogens is 1. The van der Waals surface area contributed by atoms with Crippen LogP contribution < -0.4 is 11.1 Å². The Morgan fingerprint density at radius 3 is 2.57 bits per heavy atom. The first-order valence-corrected chi connectivity index (χ1v) is 8.01. The van der Waals surface area contributed by atoms with Crippen molar-refractivity contribution in [3.8, 4) is 0 Å². The van der Waals surface area contributed by atoms with Crippen LogP contribution in [0.5, 0.6) is 0 Å². The third-order valence-electron chi connectivity index (χ3n) is 3.56. The summed E-state index contributed by atoms with van der Waals surface area (Å²) in [4.78, 5) is 13.1. The fraction of sp³-hybridized carbons (Fsp3) is 0.400. The fourth-order valence-corrected chi connectivity index (χ4v) is 2.58. The van der Waals surface area contributed by atoms with Crippen molar-refractivity contribution < 1.29 is 4.79 Å². The van der Waals surface area contributed by atoms with E-state index >= 15 is 0 Å². The second kappa shape index (κ2) is 8.90. The highest BCUT2D eigenvalue weighted by atomic mass is 35.5. The number of aryl methyl sites for hydroxylation is 1. The minimum atomic E-state index is -0.488. The number of carbonyl (C=O) groups excluding carboxylic acids is 1. The van der Waals surface area contributed by atoms with Crippen LogP contribution >= 0.6 is 24.2 Å².